The summed E-state index contributed by atoms with van der Waals surface area (Å²) in [7, 11) is 4.56. The van der Waals surface area contributed by atoms with Gasteiger partial charge in [-0.2, -0.15) is 0 Å². The summed E-state index contributed by atoms with van der Waals surface area (Å²) in [5.74, 6) is 0. The first kappa shape index (κ1) is 13.3. The van der Waals surface area contributed by atoms with Crippen molar-refractivity contribution in [2.45, 2.75) is 63.1 Å². The van der Waals surface area contributed by atoms with Crippen molar-refractivity contribution in [3.05, 3.63) is 0 Å². The first-order valence-corrected chi connectivity index (χ1v) is 7.22. The van der Waals surface area contributed by atoms with E-state index in [9.17, 15) is 0 Å². The molecule has 0 aromatic carbocycles. The first-order chi connectivity index (χ1) is 8.09. The summed E-state index contributed by atoms with van der Waals surface area (Å²) >= 11 is 0. The van der Waals surface area contributed by atoms with Crippen molar-refractivity contribution in [1.82, 2.24) is 9.80 Å². The second kappa shape index (κ2) is 5.25. The molecule has 0 radical (unpaired) electrons. The minimum atomic E-state index is 0.265. The van der Waals surface area contributed by atoms with E-state index in [1.54, 1.807) is 0 Å². The molecule has 1 heterocycles. The van der Waals surface area contributed by atoms with Gasteiger partial charge in [-0.1, -0.05) is 12.8 Å². The van der Waals surface area contributed by atoms with Crippen LogP contribution in [0.5, 0.6) is 0 Å². The minimum Gasteiger partial charge on any atom is -0.329 e. The molecule has 0 spiro atoms. The Morgan fingerprint density at radius 3 is 2.53 bits per heavy atom. The van der Waals surface area contributed by atoms with Crippen molar-refractivity contribution in [3.63, 3.8) is 0 Å². The fourth-order valence-electron chi connectivity index (χ4n) is 3.74. The molecule has 2 unspecified atom stereocenters. The normalized spacial score (nSPS) is 36.9. The number of likely N-dealkylation sites (N-methyl/N-ethyl adjacent to an activating group) is 1. The average molecular weight is 239 g/mol. The second-order valence-electron chi connectivity index (χ2n) is 6.26. The standard InChI is InChI=1S/C14H29N3/c1-12-10-14(11-15,8-9-16(12)2)17(3)13-6-4-5-7-13/h12-13H,4-11,15H2,1-3H3. The van der Waals surface area contributed by atoms with Crippen LogP contribution in [0.1, 0.15) is 45.4 Å². The highest BCUT2D eigenvalue weighted by atomic mass is 15.3. The Bertz CT molecular complexity index is 250. The molecule has 0 amide bonds. The highest BCUT2D eigenvalue weighted by molar-refractivity contribution is 5.00. The number of hydrogen-bond acceptors (Lipinski definition) is 3. The van der Waals surface area contributed by atoms with Gasteiger partial charge >= 0.3 is 0 Å². The van der Waals surface area contributed by atoms with Crippen molar-refractivity contribution >= 4 is 0 Å². The summed E-state index contributed by atoms with van der Waals surface area (Å²) in [6.45, 7) is 4.35. The van der Waals surface area contributed by atoms with Crippen LogP contribution < -0.4 is 5.73 Å². The van der Waals surface area contributed by atoms with Crippen LogP contribution in [-0.4, -0.2) is 54.6 Å². The Labute approximate surface area is 106 Å². The maximum atomic E-state index is 6.15. The molecule has 0 bridgehead atoms. The van der Waals surface area contributed by atoms with Gasteiger partial charge in [0.2, 0.25) is 0 Å². The van der Waals surface area contributed by atoms with E-state index in [1.807, 2.05) is 0 Å². The number of nitrogens with zero attached hydrogens (tertiary/aromatic N) is 2. The van der Waals surface area contributed by atoms with E-state index in [2.05, 4.69) is 30.8 Å². The van der Waals surface area contributed by atoms with Crippen molar-refractivity contribution in [2.24, 2.45) is 5.73 Å². The summed E-state index contributed by atoms with van der Waals surface area (Å²) in [4.78, 5) is 5.11. The van der Waals surface area contributed by atoms with Crippen LogP contribution >= 0.6 is 0 Å². The fraction of sp³-hybridized carbons (Fsp3) is 1.00. The Morgan fingerprint density at radius 2 is 2.00 bits per heavy atom. The van der Waals surface area contributed by atoms with Crippen LogP contribution in [0, 0.1) is 0 Å². The fourth-order valence-corrected chi connectivity index (χ4v) is 3.74. The summed E-state index contributed by atoms with van der Waals surface area (Å²) in [5, 5.41) is 0. The van der Waals surface area contributed by atoms with Crippen molar-refractivity contribution < 1.29 is 0 Å². The Kier molecular flexibility index (Phi) is 4.11. The second-order valence-corrected chi connectivity index (χ2v) is 6.26. The molecule has 1 saturated carbocycles. The summed E-state index contributed by atoms with van der Waals surface area (Å²) in [6.07, 6.45) is 8.03. The number of likely N-dealkylation sites (tertiary alicyclic amines) is 1. The molecule has 0 aromatic heterocycles. The maximum absolute atomic E-state index is 6.15. The predicted molar refractivity (Wildman–Crippen MR) is 73.1 cm³/mol. The number of piperidine rings is 1. The lowest BCUT2D eigenvalue weighted by Gasteiger charge is -2.51. The lowest BCUT2D eigenvalue weighted by Crippen LogP contribution is -2.61. The largest absolute Gasteiger partial charge is 0.329 e. The molecular formula is C14H29N3. The van der Waals surface area contributed by atoms with Crippen LogP contribution in [0.15, 0.2) is 0 Å². The highest BCUT2D eigenvalue weighted by Gasteiger charge is 2.42. The molecule has 2 rings (SSSR count). The molecule has 1 saturated heterocycles. The van der Waals surface area contributed by atoms with Gasteiger partial charge in [-0.15, -0.1) is 0 Å². The first-order valence-electron chi connectivity index (χ1n) is 7.22. The van der Waals surface area contributed by atoms with Crippen LogP contribution in [0.25, 0.3) is 0 Å². The molecule has 2 N–H and O–H groups in total. The maximum Gasteiger partial charge on any atom is 0.0358 e. The van der Waals surface area contributed by atoms with E-state index in [1.165, 1.54) is 45.1 Å². The molecule has 100 valence electrons. The molecule has 17 heavy (non-hydrogen) atoms. The molecule has 2 atom stereocenters. The van der Waals surface area contributed by atoms with Gasteiger partial charge in [-0.05, 0) is 53.2 Å². The van der Waals surface area contributed by atoms with Crippen molar-refractivity contribution in [1.29, 1.82) is 0 Å². The van der Waals surface area contributed by atoms with E-state index < -0.39 is 0 Å². The molecule has 0 aromatic rings. The Hall–Kier alpha value is -0.120. The van der Waals surface area contributed by atoms with E-state index in [0.29, 0.717) is 6.04 Å². The predicted octanol–water partition coefficient (Wildman–Crippen LogP) is 1.67. The molecule has 3 nitrogen and oxygen atoms in total. The van der Waals surface area contributed by atoms with Gasteiger partial charge in [0.1, 0.15) is 0 Å². The van der Waals surface area contributed by atoms with E-state index in [0.717, 1.165) is 12.6 Å². The van der Waals surface area contributed by atoms with Gasteiger partial charge in [0, 0.05) is 24.2 Å². The van der Waals surface area contributed by atoms with Crippen LogP contribution in [0.2, 0.25) is 0 Å². The summed E-state index contributed by atoms with van der Waals surface area (Å²) < 4.78 is 0. The van der Waals surface area contributed by atoms with E-state index in [4.69, 9.17) is 5.73 Å². The molecular weight excluding hydrogens is 210 g/mol. The highest BCUT2D eigenvalue weighted by Crippen LogP contribution is 2.35. The van der Waals surface area contributed by atoms with Gasteiger partial charge in [0.15, 0.2) is 0 Å². The summed E-state index contributed by atoms with van der Waals surface area (Å²) in [6, 6.07) is 1.45. The molecule has 2 aliphatic rings. The van der Waals surface area contributed by atoms with Crippen LogP contribution in [0.4, 0.5) is 0 Å². The third-order valence-electron chi connectivity index (χ3n) is 5.36. The van der Waals surface area contributed by atoms with Crippen LogP contribution in [-0.2, 0) is 0 Å². The quantitative estimate of drug-likeness (QED) is 0.813. The van der Waals surface area contributed by atoms with Gasteiger partial charge in [-0.25, -0.2) is 0 Å². The van der Waals surface area contributed by atoms with E-state index >= 15 is 0 Å². The minimum absolute atomic E-state index is 0.265. The Morgan fingerprint density at radius 1 is 1.35 bits per heavy atom. The molecule has 1 aliphatic carbocycles. The number of rotatable bonds is 3. The van der Waals surface area contributed by atoms with Gasteiger partial charge in [0.25, 0.3) is 0 Å². The van der Waals surface area contributed by atoms with E-state index in [-0.39, 0.29) is 5.54 Å². The number of nitrogens with two attached hydrogens (primary N) is 1. The van der Waals surface area contributed by atoms with Gasteiger partial charge < -0.3 is 10.6 Å². The SMILES string of the molecule is CC1CC(CN)(N(C)C2CCCC2)CCN1C. The van der Waals surface area contributed by atoms with Crippen LogP contribution in [0.3, 0.4) is 0 Å². The summed E-state index contributed by atoms with van der Waals surface area (Å²) in [5.41, 5.74) is 6.42. The van der Waals surface area contributed by atoms with Crippen molar-refractivity contribution in [3.8, 4) is 0 Å². The third kappa shape index (κ3) is 2.51. The molecule has 2 fully saturated rings. The number of hydrogen-bond donors (Lipinski definition) is 1. The van der Waals surface area contributed by atoms with Crippen molar-refractivity contribution in [2.75, 3.05) is 27.2 Å². The average Bonchev–Trinajstić information content (AvgIpc) is 2.85. The lowest BCUT2D eigenvalue weighted by molar-refractivity contribution is 0.00277. The monoisotopic (exact) mass is 239 g/mol. The van der Waals surface area contributed by atoms with Gasteiger partial charge in [-0.3, -0.25) is 4.90 Å². The zero-order valence-corrected chi connectivity index (χ0v) is 11.8. The Balaban J connectivity index is 2.07. The van der Waals surface area contributed by atoms with Gasteiger partial charge in [0.05, 0.1) is 0 Å². The lowest BCUT2D eigenvalue weighted by atomic mass is 9.81. The molecule has 1 aliphatic heterocycles. The smallest absolute Gasteiger partial charge is 0.0358 e. The molecule has 3 heteroatoms. The zero-order chi connectivity index (χ0) is 12.5. The third-order valence-corrected chi connectivity index (χ3v) is 5.36. The topological polar surface area (TPSA) is 32.5 Å². The zero-order valence-electron chi connectivity index (χ0n) is 11.8.